The molecule has 0 saturated heterocycles. The number of aryl methyl sites for hydroxylation is 1. The van der Waals surface area contributed by atoms with E-state index >= 15 is 0 Å². The molecule has 3 heteroatoms. The normalized spacial score (nSPS) is 10.0. The second-order valence-electron chi connectivity index (χ2n) is 4.68. The van der Waals surface area contributed by atoms with E-state index in [-0.39, 0.29) is 12.4 Å². The predicted octanol–water partition coefficient (Wildman–Crippen LogP) is 4.16. The van der Waals surface area contributed by atoms with Gasteiger partial charge in [-0.3, -0.25) is 0 Å². The highest BCUT2D eigenvalue weighted by atomic mass is 32.2. The topological polar surface area (TPSA) is 20.2 Å². The lowest BCUT2D eigenvalue weighted by Gasteiger charge is -2.05. The van der Waals surface area contributed by atoms with Crippen LogP contribution in [-0.4, -0.2) is 11.7 Å². The molecule has 0 unspecified atom stereocenters. The summed E-state index contributed by atoms with van der Waals surface area (Å²) in [4.78, 5) is 1.18. The molecule has 0 fully saturated rings. The summed E-state index contributed by atoms with van der Waals surface area (Å²) in [5.41, 5.74) is 2.94. The zero-order chi connectivity index (χ0) is 15.1. The van der Waals surface area contributed by atoms with E-state index in [2.05, 4.69) is 43.0 Å². The van der Waals surface area contributed by atoms with E-state index in [9.17, 15) is 4.39 Å². The number of halogens is 1. The molecule has 0 aromatic heterocycles. The number of thioether (sulfide) groups is 1. The molecule has 2 aromatic rings. The van der Waals surface area contributed by atoms with Gasteiger partial charge < -0.3 is 5.11 Å². The van der Waals surface area contributed by atoms with Gasteiger partial charge in [0.2, 0.25) is 0 Å². The Morgan fingerprint density at radius 3 is 2.62 bits per heavy atom. The molecule has 0 radical (unpaired) electrons. The minimum atomic E-state index is -0.285. The van der Waals surface area contributed by atoms with E-state index in [4.69, 9.17) is 5.11 Å². The summed E-state index contributed by atoms with van der Waals surface area (Å²) in [7, 11) is 0. The molecule has 0 aliphatic carbocycles. The molecule has 0 aliphatic heterocycles. The number of rotatable bonds is 4. The minimum absolute atomic E-state index is 0.0236. The van der Waals surface area contributed by atoms with Crippen LogP contribution in [0.1, 0.15) is 23.1 Å². The fourth-order valence-electron chi connectivity index (χ4n) is 1.80. The van der Waals surface area contributed by atoms with Crippen LogP contribution in [0, 0.1) is 24.6 Å². The van der Waals surface area contributed by atoms with Gasteiger partial charge in [0, 0.05) is 22.6 Å². The van der Waals surface area contributed by atoms with E-state index < -0.39 is 0 Å². The molecule has 0 aliphatic rings. The van der Waals surface area contributed by atoms with Crippen LogP contribution in [0.15, 0.2) is 47.4 Å². The van der Waals surface area contributed by atoms with Crippen LogP contribution >= 0.6 is 11.8 Å². The first-order chi connectivity index (χ1) is 10.2. The SMILES string of the molecule is Cc1ccc(SCc2ccc(F)cc2C#CCCO)cc1. The fourth-order valence-corrected chi connectivity index (χ4v) is 2.70. The van der Waals surface area contributed by atoms with Crippen molar-refractivity contribution in [1.29, 1.82) is 0 Å². The maximum atomic E-state index is 13.3. The number of aliphatic hydroxyl groups is 1. The minimum Gasteiger partial charge on any atom is -0.395 e. The molecular formula is C18H17FOS. The maximum absolute atomic E-state index is 13.3. The maximum Gasteiger partial charge on any atom is 0.124 e. The van der Waals surface area contributed by atoms with Crippen molar-refractivity contribution in [3.05, 3.63) is 65.0 Å². The van der Waals surface area contributed by atoms with E-state index in [1.165, 1.54) is 22.6 Å². The molecule has 2 rings (SSSR count). The molecule has 0 spiro atoms. The van der Waals surface area contributed by atoms with E-state index in [1.54, 1.807) is 17.8 Å². The van der Waals surface area contributed by atoms with Crippen LogP contribution in [0.5, 0.6) is 0 Å². The molecule has 0 saturated carbocycles. The van der Waals surface area contributed by atoms with Crippen molar-refractivity contribution >= 4 is 11.8 Å². The fraction of sp³-hybridized carbons (Fsp3) is 0.222. The Morgan fingerprint density at radius 1 is 1.14 bits per heavy atom. The van der Waals surface area contributed by atoms with Gasteiger partial charge in [-0.1, -0.05) is 35.6 Å². The van der Waals surface area contributed by atoms with Crippen LogP contribution in [0.2, 0.25) is 0 Å². The van der Waals surface area contributed by atoms with Gasteiger partial charge in [-0.15, -0.1) is 11.8 Å². The second-order valence-corrected chi connectivity index (χ2v) is 5.73. The standard InChI is InChI=1S/C18H17FOS/c1-14-5-9-18(10-6-14)21-13-16-7-8-17(19)12-15(16)4-2-3-11-20/h5-10,12,20H,3,11,13H2,1H3. The van der Waals surface area contributed by atoms with Crippen LogP contribution < -0.4 is 0 Å². The predicted molar refractivity (Wildman–Crippen MR) is 85.7 cm³/mol. The Bertz CT molecular complexity index is 653. The summed E-state index contributed by atoms with van der Waals surface area (Å²) in [5.74, 6) is 6.24. The van der Waals surface area contributed by atoms with Gasteiger partial charge in [0.25, 0.3) is 0 Å². The van der Waals surface area contributed by atoms with Gasteiger partial charge in [0.1, 0.15) is 5.82 Å². The third-order valence-electron chi connectivity index (χ3n) is 2.95. The molecule has 21 heavy (non-hydrogen) atoms. The van der Waals surface area contributed by atoms with Gasteiger partial charge in [-0.05, 0) is 36.8 Å². The Hall–Kier alpha value is -1.76. The van der Waals surface area contributed by atoms with Crippen molar-refractivity contribution in [2.24, 2.45) is 0 Å². The Morgan fingerprint density at radius 2 is 1.90 bits per heavy atom. The summed E-state index contributed by atoms with van der Waals surface area (Å²) in [5, 5.41) is 8.76. The summed E-state index contributed by atoms with van der Waals surface area (Å²) in [6.45, 7) is 2.08. The Balaban J connectivity index is 2.12. The monoisotopic (exact) mass is 300 g/mol. The average molecular weight is 300 g/mol. The van der Waals surface area contributed by atoms with Crippen LogP contribution in [0.25, 0.3) is 0 Å². The van der Waals surface area contributed by atoms with Crippen molar-refractivity contribution < 1.29 is 9.50 Å². The third kappa shape index (κ3) is 4.93. The van der Waals surface area contributed by atoms with Crippen molar-refractivity contribution in [2.45, 2.75) is 24.0 Å². The lowest BCUT2D eigenvalue weighted by Crippen LogP contribution is -1.90. The Labute approximate surface area is 129 Å². The van der Waals surface area contributed by atoms with Crippen LogP contribution in [-0.2, 0) is 5.75 Å². The van der Waals surface area contributed by atoms with Gasteiger partial charge >= 0.3 is 0 Å². The number of aliphatic hydroxyl groups excluding tert-OH is 1. The van der Waals surface area contributed by atoms with E-state index in [0.29, 0.717) is 12.0 Å². The first-order valence-corrected chi connectivity index (χ1v) is 7.75. The third-order valence-corrected chi connectivity index (χ3v) is 4.01. The highest BCUT2D eigenvalue weighted by Crippen LogP contribution is 2.25. The van der Waals surface area contributed by atoms with Crippen LogP contribution in [0.3, 0.4) is 0 Å². The highest BCUT2D eigenvalue weighted by molar-refractivity contribution is 7.98. The average Bonchev–Trinajstić information content (AvgIpc) is 2.48. The highest BCUT2D eigenvalue weighted by Gasteiger charge is 2.03. The smallest absolute Gasteiger partial charge is 0.124 e. The second kappa shape index (κ2) is 7.87. The molecular weight excluding hydrogens is 283 g/mol. The lowest BCUT2D eigenvalue weighted by molar-refractivity contribution is 0.305. The summed E-state index contributed by atoms with van der Waals surface area (Å²) < 4.78 is 13.3. The first-order valence-electron chi connectivity index (χ1n) is 6.76. The quantitative estimate of drug-likeness (QED) is 0.676. The van der Waals surface area contributed by atoms with Gasteiger partial charge in [0.15, 0.2) is 0 Å². The zero-order valence-electron chi connectivity index (χ0n) is 11.9. The molecule has 0 heterocycles. The molecule has 108 valence electrons. The summed E-state index contributed by atoms with van der Waals surface area (Å²) in [6.07, 6.45) is 0.404. The molecule has 1 nitrogen and oxygen atoms in total. The van der Waals surface area contributed by atoms with E-state index in [1.807, 2.05) is 0 Å². The van der Waals surface area contributed by atoms with Crippen molar-refractivity contribution in [3.8, 4) is 11.8 Å². The number of hydrogen-bond acceptors (Lipinski definition) is 2. The molecule has 2 aromatic carbocycles. The number of benzene rings is 2. The van der Waals surface area contributed by atoms with Gasteiger partial charge in [-0.25, -0.2) is 4.39 Å². The van der Waals surface area contributed by atoms with Gasteiger partial charge in [0.05, 0.1) is 6.61 Å². The van der Waals surface area contributed by atoms with E-state index in [0.717, 1.165) is 11.3 Å². The lowest BCUT2D eigenvalue weighted by atomic mass is 10.1. The molecule has 0 atom stereocenters. The zero-order valence-corrected chi connectivity index (χ0v) is 12.7. The number of hydrogen-bond donors (Lipinski definition) is 1. The molecule has 0 bridgehead atoms. The Kier molecular flexibility index (Phi) is 5.86. The first kappa shape index (κ1) is 15.6. The largest absolute Gasteiger partial charge is 0.395 e. The molecule has 0 amide bonds. The van der Waals surface area contributed by atoms with Crippen molar-refractivity contribution in [3.63, 3.8) is 0 Å². The summed E-state index contributed by atoms with van der Waals surface area (Å²) in [6, 6.07) is 13.0. The van der Waals surface area contributed by atoms with Crippen LogP contribution in [0.4, 0.5) is 4.39 Å². The van der Waals surface area contributed by atoms with Crippen molar-refractivity contribution in [2.75, 3.05) is 6.61 Å². The summed E-state index contributed by atoms with van der Waals surface area (Å²) >= 11 is 1.70. The van der Waals surface area contributed by atoms with Gasteiger partial charge in [-0.2, -0.15) is 0 Å². The van der Waals surface area contributed by atoms with Crippen molar-refractivity contribution in [1.82, 2.24) is 0 Å². The molecule has 1 N–H and O–H groups in total.